The highest BCUT2D eigenvalue weighted by Gasteiger charge is 2.27. The van der Waals surface area contributed by atoms with Gasteiger partial charge in [-0.15, -0.1) is 0 Å². The van der Waals surface area contributed by atoms with Crippen LogP contribution < -0.4 is 9.80 Å². The van der Waals surface area contributed by atoms with Gasteiger partial charge in [-0.25, -0.2) is 8.78 Å². The van der Waals surface area contributed by atoms with E-state index < -0.39 is 0 Å². The molecule has 92 heavy (non-hydrogen) atoms. The summed E-state index contributed by atoms with van der Waals surface area (Å²) < 4.78 is 36.2. The minimum absolute atomic E-state index is 0.365. The van der Waals surface area contributed by atoms with Crippen LogP contribution in [0.5, 0.6) is 0 Å². The minimum Gasteiger partial charge on any atom is -0.307 e. The molecule has 2 nitrogen and oxygen atoms in total. The van der Waals surface area contributed by atoms with E-state index in [1.54, 1.807) is 12.1 Å². The van der Waals surface area contributed by atoms with E-state index in [1.807, 2.05) is 121 Å². The molecule has 0 amide bonds. The second-order valence-corrected chi connectivity index (χ2v) is 23.4. The molecule has 0 saturated carbocycles. The summed E-state index contributed by atoms with van der Waals surface area (Å²) in [6, 6.07) is 120. The van der Waals surface area contributed by atoms with Crippen LogP contribution in [0.25, 0.3) is 121 Å². The molecule has 16 rings (SSSR count). The summed E-state index contributed by atoms with van der Waals surface area (Å²) >= 11 is 0. The number of halogens is 2. The number of nitrogens with zero attached hydrogens (tertiary/aromatic N) is 2. The molecule has 0 unspecified atom stereocenters. The Balaban J connectivity index is 0.866. The lowest BCUT2D eigenvalue weighted by Crippen LogP contribution is -2.13. The first-order valence-corrected chi connectivity index (χ1v) is 31.2. The third-order valence-corrected chi connectivity index (χ3v) is 18.0. The summed E-state index contributed by atoms with van der Waals surface area (Å²) in [6.45, 7) is 0. The van der Waals surface area contributed by atoms with Crippen molar-refractivity contribution in [1.82, 2.24) is 0 Å². The van der Waals surface area contributed by atoms with Gasteiger partial charge >= 0.3 is 0 Å². The number of anilines is 6. The first-order valence-electron chi connectivity index (χ1n) is 31.2. The van der Waals surface area contributed by atoms with Crippen LogP contribution in [0.2, 0.25) is 0 Å². The normalized spacial score (nSPS) is 11.4. The zero-order valence-corrected chi connectivity index (χ0v) is 50.1. The van der Waals surface area contributed by atoms with Crippen molar-refractivity contribution in [2.24, 2.45) is 0 Å². The maximum atomic E-state index is 18.1. The Morgan fingerprint density at radius 1 is 0.185 bits per heavy atom. The Bertz CT molecular complexity index is 4940. The molecule has 0 bridgehead atoms. The van der Waals surface area contributed by atoms with E-state index in [9.17, 15) is 0 Å². The number of benzene rings is 16. The quantitative estimate of drug-likeness (QED) is 0.100. The van der Waals surface area contributed by atoms with Crippen LogP contribution in [0.4, 0.5) is 42.9 Å². The highest BCUT2D eigenvalue weighted by molar-refractivity contribution is 6.28. The maximum Gasteiger partial charge on any atom is 0.147 e. The van der Waals surface area contributed by atoms with E-state index in [2.05, 4.69) is 228 Å². The van der Waals surface area contributed by atoms with E-state index in [0.717, 1.165) is 144 Å². The van der Waals surface area contributed by atoms with Crippen LogP contribution in [-0.4, -0.2) is 0 Å². The molecule has 0 spiro atoms. The Kier molecular flexibility index (Phi) is 14.3. The first kappa shape index (κ1) is 55.3. The summed E-state index contributed by atoms with van der Waals surface area (Å²) in [6.07, 6.45) is 0. The van der Waals surface area contributed by atoms with Gasteiger partial charge in [0.05, 0.1) is 22.7 Å². The lowest BCUT2D eigenvalue weighted by molar-refractivity contribution is 0.629. The average Bonchev–Trinajstić information content (AvgIpc) is 0.734. The van der Waals surface area contributed by atoms with E-state index in [1.165, 1.54) is 0 Å². The SMILES string of the molecule is Fc1cc(-c2ccc(-c3ccccc3)cc2)c(-c2ccc(-c3ccccc3)cc2)cc1N(c1ccccc1)c1ccc2ccc3c(N(c4ccccc4)c4cc(-c5ccc(-c6ccccc6)cc5)c(-c5ccc(-c6ccccc6)cc5)cc4F)ccc4ccc1c2c43. The van der Waals surface area contributed by atoms with Crippen molar-refractivity contribution in [2.75, 3.05) is 9.80 Å². The Hall–Kier alpha value is -12.0. The van der Waals surface area contributed by atoms with Crippen molar-refractivity contribution in [3.8, 4) is 89.0 Å². The fourth-order valence-electron chi connectivity index (χ4n) is 13.4. The first-order chi connectivity index (χ1) is 45.5. The largest absolute Gasteiger partial charge is 0.307 e. The molecule has 0 aliphatic heterocycles. The molecule has 434 valence electrons. The third kappa shape index (κ3) is 10.3. The number of hydrogen-bond acceptors (Lipinski definition) is 2. The van der Waals surface area contributed by atoms with Gasteiger partial charge in [0, 0.05) is 22.1 Å². The van der Waals surface area contributed by atoms with Gasteiger partial charge in [0.2, 0.25) is 0 Å². The molecule has 0 radical (unpaired) electrons. The molecule has 0 aromatic heterocycles. The average molecular weight is 1180 g/mol. The molecular weight excluding hydrogens is 1120 g/mol. The molecule has 0 heterocycles. The van der Waals surface area contributed by atoms with Crippen LogP contribution in [-0.2, 0) is 0 Å². The van der Waals surface area contributed by atoms with Crippen LogP contribution in [0, 0.1) is 11.6 Å². The third-order valence-electron chi connectivity index (χ3n) is 18.0. The van der Waals surface area contributed by atoms with Crippen LogP contribution in [0.1, 0.15) is 0 Å². The van der Waals surface area contributed by atoms with Crippen LogP contribution in [0.3, 0.4) is 0 Å². The molecular formula is C88H58F2N2. The molecule has 16 aromatic rings. The van der Waals surface area contributed by atoms with Crippen molar-refractivity contribution < 1.29 is 8.78 Å². The smallest absolute Gasteiger partial charge is 0.147 e. The molecule has 0 atom stereocenters. The Labute approximate surface area is 534 Å². The molecule has 4 heteroatoms. The molecule has 0 aliphatic carbocycles. The number of rotatable bonds is 14. The topological polar surface area (TPSA) is 6.48 Å². The van der Waals surface area contributed by atoms with E-state index in [-0.39, 0.29) is 11.6 Å². The fraction of sp³-hybridized carbons (Fsp3) is 0. The highest BCUT2D eigenvalue weighted by Crippen LogP contribution is 2.51. The molecule has 0 saturated heterocycles. The number of hydrogen-bond donors (Lipinski definition) is 0. The summed E-state index contributed by atoms with van der Waals surface area (Å²) in [5, 5.41) is 5.99. The van der Waals surface area contributed by atoms with Crippen LogP contribution >= 0.6 is 0 Å². The molecule has 0 fully saturated rings. The van der Waals surface area contributed by atoms with Gasteiger partial charge < -0.3 is 9.80 Å². The van der Waals surface area contributed by atoms with Gasteiger partial charge in [0.25, 0.3) is 0 Å². The minimum atomic E-state index is -0.365. The molecule has 0 aliphatic rings. The van der Waals surface area contributed by atoms with E-state index in [0.29, 0.717) is 11.4 Å². The van der Waals surface area contributed by atoms with Gasteiger partial charge in [0.1, 0.15) is 11.6 Å². The van der Waals surface area contributed by atoms with Crippen molar-refractivity contribution in [3.63, 3.8) is 0 Å². The van der Waals surface area contributed by atoms with E-state index >= 15 is 8.78 Å². The second-order valence-electron chi connectivity index (χ2n) is 23.4. The van der Waals surface area contributed by atoms with Crippen molar-refractivity contribution in [1.29, 1.82) is 0 Å². The Morgan fingerprint density at radius 3 is 0.696 bits per heavy atom. The highest BCUT2D eigenvalue weighted by atomic mass is 19.1. The second kappa shape index (κ2) is 23.8. The van der Waals surface area contributed by atoms with Crippen molar-refractivity contribution in [3.05, 3.63) is 363 Å². The standard InChI is InChI=1S/C88H58F2N2/c89-81-55-77(67-39-31-63(32-40-67)59-19-7-1-8-20-59)79(69-43-35-65(36-44-69)61-23-11-3-12-24-61)57-85(81)91(73-27-15-5-16-28-73)83-53-49-71-48-52-76-84(54-50-72-47-51-75(83)87(71)88(72)76)92(74-29-17-6-18-30-74)86-58-80(70-45-37-66(38-46-70)62-25-13-4-14-26-62)78(56-82(86)90)68-41-33-64(34-42-68)60-21-9-2-10-22-60/h1-58H. The lowest BCUT2D eigenvalue weighted by Gasteiger charge is -2.30. The zero-order valence-electron chi connectivity index (χ0n) is 50.1. The summed E-state index contributed by atoms with van der Waals surface area (Å²) in [4.78, 5) is 4.14. The molecule has 0 N–H and O–H groups in total. The summed E-state index contributed by atoms with van der Waals surface area (Å²) in [5.74, 6) is -0.730. The van der Waals surface area contributed by atoms with Gasteiger partial charge in [-0.1, -0.05) is 291 Å². The van der Waals surface area contributed by atoms with Gasteiger partial charge in [-0.05, 0) is 171 Å². The van der Waals surface area contributed by atoms with Gasteiger partial charge in [-0.2, -0.15) is 0 Å². The van der Waals surface area contributed by atoms with Gasteiger partial charge in [0.15, 0.2) is 0 Å². The predicted molar refractivity (Wildman–Crippen MR) is 383 cm³/mol. The fourth-order valence-corrected chi connectivity index (χ4v) is 13.4. The van der Waals surface area contributed by atoms with Crippen molar-refractivity contribution in [2.45, 2.75) is 0 Å². The molecule has 16 aromatic carbocycles. The number of para-hydroxylation sites is 2. The van der Waals surface area contributed by atoms with Crippen molar-refractivity contribution >= 4 is 66.4 Å². The predicted octanol–water partition coefficient (Wildman–Crippen LogP) is 25.1. The summed E-state index contributed by atoms with van der Waals surface area (Å²) in [7, 11) is 0. The summed E-state index contributed by atoms with van der Waals surface area (Å²) in [5.41, 5.74) is 20.0. The Morgan fingerprint density at radius 2 is 0.413 bits per heavy atom. The maximum absolute atomic E-state index is 18.1. The van der Waals surface area contributed by atoms with Gasteiger partial charge in [-0.3, -0.25) is 0 Å². The van der Waals surface area contributed by atoms with Crippen LogP contribution in [0.15, 0.2) is 352 Å². The van der Waals surface area contributed by atoms with E-state index in [4.69, 9.17) is 0 Å². The lowest BCUT2D eigenvalue weighted by atomic mass is 9.90. The monoisotopic (exact) mass is 1180 g/mol. The zero-order chi connectivity index (χ0) is 61.5.